The summed E-state index contributed by atoms with van der Waals surface area (Å²) in [5.41, 5.74) is 1.78. The second-order valence-corrected chi connectivity index (χ2v) is 7.64. The van der Waals surface area contributed by atoms with Crippen LogP contribution in [0.4, 0.5) is 0 Å². The molecular formula is C21H40. The highest BCUT2D eigenvalue weighted by Gasteiger charge is 2.23. The van der Waals surface area contributed by atoms with Crippen LogP contribution in [-0.2, 0) is 0 Å². The minimum absolute atomic E-state index is 0.844. The zero-order valence-corrected chi connectivity index (χ0v) is 15.3. The molecule has 0 aromatic rings. The second-order valence-electron chi connectivity index (χ2n) is 7.64. The fraction of sp³-hybridized carbons (Fsp3) is 0.905. The first kappa shape index (κ1) is 18.8. The van der Waals surface area contributed by atoms with Crippen LogP contribution in [0.3, 0.4) is 0 Å². The highest BCUT2D eigenvalue weighted by atomic mass is 14.3. The molecule has 3 atom stereocenters. The van der Waals surface area contributed by atoms with Gasteiger partial charge in [0.1, 0.15) is 0 Å². The molecule has 0 amide bonds. The summed E-state index contributed by atoms with van der Waals surface area (Å²) < 4.78 is 0. The van der Waals surface area contributed by atoms with Crippen molar-refractivity contribution in [2.45, 2.75) is 105 Å². The molecule has 0 heteroatoms. The Hall–Kier alpha value is -0.260. The Morgan fingerprint density at radius 1 is 1.00 bits per heavy atom. The normalized spacial score (nSPS) is 23.3. The van der Waals surface area contributed by atoms with E-state index in [1.165, 1.54) is 77.0 Å². The molecule has 0 radical (unpaired) electrons. The third-order valence-electron chi connectivity index (χ3n) is 5.45. The molecule has 0 aliphatic heterocycles. The first-order valence-corrected chi connectivity index (χ1v) is 9.86. The van der Waals surface area contributed by atoms with Crippen molar-refractivity contribution in [2.75, 3.05) is 0 Å². The van der Waals surface area contributed by atoms with E-state index in [1.807, 2.05) is 0 Å². The van der Waals surface area contributed by atoms with Crippen LogP contribution < -0.4 is 0 Å². The highest BCUT2D eigenvalue weighted by molar-refractivity contribution is 5.13. The molecule has 3 unspecified atom stereocenters. The van der Waals surface area contributed by atoms with Crippen LogP contribution in [0.1, 0.15) is 105 Å². The predicted molar refractivity (Wildman–Crippen MR) is 96.7 cm³/mol. The standard InChI is InChI=1S/C21H40/c1-5-7-9-11-12-18(3)14-15-20-16-19(4)21(17-20)13-10-8-6-2/h16,18-19,21H,5-15,17H2,1-4H3. The Kier molecular flexibility index (Phi) is 10.1. The molecule has 0 nitrogen and oxygen atoms in total. The lowest BCUT2D eigenvalue weighted by atomic mass is 9.90. The maximum Gasteiger partial charge on any atom is -0.0228 e. The highest BCUT2D eigenvalue weighted by Crippen LogP contribution is 2.36. The van der Waals surface area contributed by atoms with Gasteiger partial charge in [-0.3, -0.25) is 0 Å². The van der Waals surface area contributed by atoms with Crippen LogP contribution in [0.15, 0.2) is 11.6 Å². The van der Waals surface area contributed by atoms with Crippen molar-refractivity contribution >= 4 is 0 Å². The van der Waals surface area contributed by atoms with Gasteiger partial charge in [-0.25, -0.2) is 0 Å². The third-order valence-corrected chi connectivity index (χ3v) is 5.45. The molecule has 0 bridgehead atoms. The number of rotatable bonds is 12. The van der Waals surface area contributed by atoms with Crippen molar-refractivity contribution < 1.29 is 0 Å². The number of hydrogen-bond donors (Lipinski definition) is 0. The number of allylic oxidation sites excluding steroid dienone is 2. The summed E-state index contributed by atoms with van der Waals surface area (Å²) in [5, 5.41) is 0. The van der Waals surface area contributed by atoms with E-state index >= 15 is 0 Å². The molecule has 0 aromatic heterocycles. The molecule has 0 heterocycles. The molecule has 124 valence electrons. The van der Waals surface area contributed by atoms with Crippen LogP contribution in [0, 0.1) is 17.8 Å². The Bertz CT molecular complexity index is 276. The summed E-state index contributed by atoms with van der Waals surface area (Å²) in [6.07, 6.45) is 19.6. The van der Waals surface area contributed by atoms with Crippen molar-refractivity contribution in [1.82, 2.24) is 0 Å². The van der Waals surface area contributed by atoms with Gasteiger partial charge in [0.15, 0.2) is 0 Å². The van der Waals surface area contributed by atoms with E-state index in [9.17, 15) is 0 Å². The fourth-order valence-electron chi connectivity index (χ4n) is 3.80. The molecule has 0 saturated heterocycles. The maximum atomic E-state index is 2.61. The van der Waals surface area contributed by atoms with E-state index in [2.05, 4.69) is 33.8 Å². The van der Waals surface area contributed by atoms with E-state index in [0.717, 1.165) is 17.8 Å². The summed E-state index contributed by atoms with van der Waals surface area (Å²) in [6.45, 7) is 9.51. The topological polar surface area (TPSA) is 0 Å². The zero-order valence-electron chi connectivity index (χ0n) is 15.3. The number of hydrogen-bond acceptors (Lipinski definition) is 0. The van der Waals surface area contributed by atoms with E-state index in [1.54, 1.807) is 5.57 Å². The summed E-state index contributed by atoms with van der Waals surface area (Å²) in [4.78, 5) is 0. The lowest BCUT2D eigenvalue weighted by Gasteiger charge is -2.15. The molecule has 1 rings (SSSR count). The minimum Gasteiger partial charge on any atom is -0.0822 e. The van der Waals surface area contributed by atoms with E-state index in [0.29, 0.717) is 0 Å². The van der Waals surface area contributed by atoms with Crippen molar-refractivity contribution in [3.8, 4) is 0 Å². The van der Waals surface area contributed by atoms with Crippen molar-refractivity contribution in [3.63, 3.8) is 0 Å². The minimum atomic E-state index is 0.844. The van der Waals surface area contributed by atoms with Gasteiger partial charge in [0, 0.05) is 0 Å². The van der Waals surface area contributed by atoms with Crippen molar-refractivity contribution in [2.24, 2.45) is 17.8 Å². The maximum absolute atomic E-state index is 2.61. The molecule has 0 saturated carbocycles. The Morgan fingerprint density at radius 3 is 2.43 bits per heavy atom. The quantitative estimate of drug-likeness (QED) is 0.257. The van der Waals surface area contributed by atoms with E-state index < -0.39 is 0 Å². The van der Waals surface area contributed by atoms with Gasteiger partial charge in [0.2, 0.25) is 0 Å². The van der Waals surface area contributed by atoms with Crippen molar-refractivity contribution in [3.05, 3.63) is 11.6 Å². The molecular weight excluding hydrogens is 252 g/mol. The van der Waals surface area contributed by atoms with Gasteiger partial charge in [0.25, 0.3) is 0 Å². The smallest absolute Gasteiger partial charge is 0.0228 e. The molecule has 1 aliphatic rings. The van der Waals surface area contributed by atoms with E-state index in [-0.39, 0.29) is 0 Å². The number of unbranched alkanes of at least 4 members (excludes halogenated alkanes) is 5. The Labute approximate surface area is 134 Å². The zero-order chi connectivity index (χ0) is 15.5. The molecule has 0 N–H and O–H groups in total. The van der Waals surface area contributed by atoms with Gasteiger partial charge in [-0.2, -0.15) is 0 Å². The molecule has 1 aliphatic carbocycles. The van der Waals surface area contributed by atoms with Gasteiger partial charge in [-0.15, -0.1) is 0 Å². The van der Waals surface area contributed by atoms with Gasteiger partial charge >= 0.3 is 0 Å². The third kappa shape index (κ3) is 8.07. The van der Waals surface area contributed by atoms with Crippen LogP contribution in [-0.4, -0.2) is 0 Å². The van der Waals surface area contributed by atoms with Gasteiger partial charge in [0.05, 0.1) is 0 Å². The predicted octanol–water partition coefficient (Wildman–Crippen LogP) is 7.54. The molecule has 0 fully saturated rings. The summed E-state index contributed by atoms with van der Waals surface area (Å²) in [5.74, 6) is 2.74. The Morgan fingerprint density at radius 2 is 1.71 bits per heavy atom. The molecule has 21 heavy (non-hydrogen) atoms. The van der Waals surface area contributed by atoms with Crippen molar-refractivity contribution in [1.29, 1.82) is 0 Å². The van der Waals surface area contributed by atoms with Crippen LogP contribution in [0.5, 0.6) is 0 Å². The lowest BCUT2D eigenvalue weighted by molar-refractivity contribution is 0.394. The Balaban J connectivity index is 2.13. The lowest BCUT2D eigenvalue weighted by Crippen LogP contribution is -2.04. The first-order valence-electron chi connectivity index (χ1n) is 9.86. The van der Waals surface area contributed by atoms with Gasteiger partial charge < -0.3 is 0 Å². The SMILES string of the molecule is CCCCCCC(C)CCC1=CC(C)C(CCCCC)C1. The monoisotopic (exact) mass is 292 g/mol. The van der Waals surface area contributed by atoms with E-state index in [4.69, 9.17) is 0 Å². The van der Waals surface area contributed by atoms with Crippen LogP contribution >= 0.6 is 0 Å². The van der Waals surface area contributed by atoms with Crippen LogP contribution in [0.2, 0.25) is 0 Å². The fourth-order valence-corrected chi connectivity index (χ4v) is 3.80. The summed E-state index contributed by atoms with van der Waals surface area (Å²) >= 11 is 0. The second kappa shape index (κ2) is 11.3. The van der Waals surface area contributed by atoms with Crippen LogP contribution in [0.25, 0.3) is 0 Å². The summed E-state index contributed by atoms with van der Waals surface area (Å²) in [6, 6.07) is 0. The van der Waals surface area contributed by atoms with Gasteiger partial charge in [-0.05, 0) is 43.4 Å². The largest absolute Gasteiger partial charge is 0.0822 e. The average molecular weight is 293 g/mol. The van der Waals surface area contributed by atoms with Gasteiger partial charge in [-0.1, -0.05) is 90.7 Å². The average Bonchev–Trinajstić information content (AvgIpc) is 2.82. The first-order chi connectivity index (χ1) is 10.2. The summed E-state index contributed by atoms with van der Waals surface area (Å²) in [7, 11) is 0. The molecule has 0 spiro atoms. The molecule has 0 aromatic carbocycles.